The first-order valence-corrected chi connectivity index (χ1v) is 3.51. The molecule has 6 N–H and O–H groups in total. The molecule has 60 valence electrons. The highest BCUT2D eigenvalue weighted by molar-refractivity contribution is 5.76. The monoisotopic (exact) mass is 144 g/mol. The topological polar surface area (TPSA) is 87.9 Å². The molecule has 0 atom stereocenters. The zero-order chi connectivity index (χ0) is 7.82. The van der Waals surface area contributed by atoms with Crippen molar-refractivity contribution in [3.8, 4) is 0 Å². The maximum absolute atomic E-state index is 6.89. The maximum atomic E-state index is 6.89. The van der Waals surface area contributed by atoms with Gasteiger partial charge >= 0.3 is 0 Å². The third-order valence-electron chi connectivity index (χ3n) is 1.13. The third kappa shape index (κ3) is 7.39. The fraction of sp³-hybridized carbons (Fsp3) is 0.833. The molecule has 0 aliphatic rings. The summed E-state index contributed by atoms with van der Waals surface area (Å²) in [5.74, 6) is 0.236. The van der Waals surface area contributed by atoms with Gasteiger partial charge in [-0.15, -0.1) is 0 Å². The number of amidine groups is 1. The molecule has 0 saturated heterocycles. The molecule has 4 heteroatoms. The van der Waals surface area contributed by atoms with Gasteiger partial charge in [0.1, 0.15) is 0 Å². The second-order valence-corrected chi connectivity index (χ2v) is 2.17. The quantitative estimate of drug-likeness (QED) is 0.225. The van der Waals surface area contributed by atoms with Gasteiger partial charge in [0, 0.05) is 13.0 Å². The highest BCUT2D eigenvalue weighted by Crippen LogP contribution is 1.74. The summed E-state index contributed by atoms with van der Waals surface area (Å²) in [6, 6.07) is 0. The van der Waals surface area contributed by atoms with Crippen LogP contribution in [0.4, 0.5) is 0 Å². The minimum absolute atomic E-state index is 0.236. The van der Waals surface area contributed by atoms with Crippen molar-refractivity contribution in [2.75, 3.05) is 19.6 Å². The van der Waals surface area contributed by atoms with Crippen LogP contribution < -0.4 is 16.8 Å². The molecule has 0 unspecified atom stereocenters. The lowest BCUT2D eigenvalue weighted by atomic mass is 10.4. The van der Waals surface area contributed by atoms with Crippen LogP contribution >= 0.6 is 0 Å². The zero-order valence-electron chi connectivity index (χ0n) is 6.19. The van der Waals surface area contributed by atoms with E-state index in [1.807, 2.05) is 0 Å². The predicted octanol–water partition coefficient (Wildman–Crippen LogP) is -0.749. The van der Waals surface area contributed by atoms with Gasteiger partial charge in [-0.2, -0.15) is 0 Å². The van der Waals surface area contributed by atoms with Gasteiger partial charge in [0.25, 0.3) is 0 Å². The van der Waals surface area contributed by atoms with Crippen molar-refractivity contribution in [2.45, 2.75) is 12.8 Å². The van der Waals surface area contributed by atoms with Gasteiger partial charge in [0.2, 0.25) is 0 Å². The van der Waals surface area contributed by atoms with Crippen LogP contribution in [0.3, 0.4) is 0 Å². The average Bonchev–Trinajstić information content (AvgIpc) is 1.87. The van der Waals surface area contributed by atoms with Crippen molar-refractivity contribution in [3.05, 3.63) is 0 Å². The number of nitrogens with one attached hydrogen (secondary N) is 2. The molecule has 0 rings (SSSR count). The second kappa shape index (κ2) is 6.51. The molecule has 0 saturated carbocycles. The molecule has 0 aromatic heterocycles. The van der Waals surface area contributed by atoms with Crippen molar-refractivity contribution >= 4 is 5.84 Å². The molecule has 0 amide bonds. The lowest BCUT2D eigenvalue weighted by Gasteiger charge is -2.00. The highest BCUT2D eigenvalue weighted by Gasteiger charge is 1.88. The summed E-state index contributed by atoms with van der Waals surface area (Å²) >= 11 is 0. The molecule has 0 bridgehead atoms. The van der Waals surface area contributed by atoms with Crippen LogP contribution in [0.25, 0.3) is 0 Å². The van der Waals surface area contributed by atoms with E-state index in [1.54, 1.807) is 0 Å². The second-order valence-electron chi connectivity index (χ2n) is 2.17. The summed E-state index contributed by atoms with van der Waals surface area (Å²) < 4.78 is 0. The Hall–Kier alpha value is -0.610. The molecule has 0 spiro atoms. The van der Waals surface area contributed by atoms with Gasteiger partial charge in [-0.25, -0.2) is 0 Å². The fourth-order valence-corrected chi connectivity index (χ4v) is 0.575. The van der Waals surface area contributed by atoms with E-state index in [2.05, 4.69) is 5.32 Å². The van der Waals surface area contributed by atoms with E-state index in [9.17, 15) is 0 Å². The molecule has 0 aliphatic carbocycles. The van der Waals surface area contributed by atoms with Crippen LogP contribution in [0.2, 0.25) is 0 Å². The molecule has 0 aromatic rings. The third-order valence-corrected chi connectivity index (χ3v) is 1.13. The Kier molecular flexibility index (Phi) is 6.11. The molecule has 0 radical (unpaired) electrons. The maximum Gasteiger partial charge on any atom is 0.0918 e. The van der Waals surface area contributed by atoms with Crippen molar-refractivity contribution < 1.29 is 0 Å². The Morgan fingerprint density at radius 3 is 2.60 bits per heavy atom. The highest BCUT2D eigenvalue weighted by atomic mass is 14.9. The van der Waals surface area contributed by atoms with Crippen molar-refractivity contribution in [1.29, 1.82) is 5.41 Å². The summed E-state index contributed by atoms with van der Waals surface area (Å²) in [6.07, 6.45) is 1.61. The van der Waals surface area contributed by atoms with Gasteiger partial charge in [-0.1, -0.05) is 0 Å². The molecular weight excluding hydrogens is 128 g/mol. The smallest absolute Gasteiger partial charge is 0.0918 e. The van der Waals surface area contributed by atoms with Crippen molar-refractivity contribution in [1.82, 2.24) is 5.32 Å². The standard InChI is InChI=1S/C6H16N4/c7-3-1-4-10-5-2-6(8)9/h10H,1-5,7H2,(H3,8,9). The molecule has 0 aromatic carbocycles. The van der Waals surface area contributed by atoms with Gasteiger partial charge in [0.05, 0.1) is 5.84 Å². The Labute approximate surface area is 61.5 Å². The molecule has 4 nitrogen and oxygen atoms in total. The number of hydrogen-bond donors (Lipinski definition) is 4. The van der Waals surface area contributed by atoms with E-state index >= 15 is 0 Å². The zero-order valence-corrected chi connectivity index (χ0v) is 6.19. The largest absolute Gasteiger partial charge is 0.388 e. The number of nitrogens with two attached hydrogens (primary N) is 2. The summed E-state index contributed by atoms with van der Waals surface area (Å²) in [5, 5.41) is 10.0. The first kappa shape index (κ1) is 9.39. The van der Waals surface area contributed by atoms with Crippen LogP contribution in [0.5, 0.6) is 0 Å². The van der Waals surface area contributed by atoms with Crippen molar-refractivity contribution in [2.24, 2.45) is 11.5 Å². The SMILES string of the molecule is N=C(N)CCNCCCN. The van der Waals surface area contributed by atoms with Gasteiger partial charge in [-0.3, -0.25) is 5.41 Å². The van der Waals surface area contributed by atoms with E-state index < -0.39 is 0 Å². The van der Waals surface area contributed by atoms with Crippen molar-refractivity contribution in [3.63, 3.8) is 0 Å². The first-order valence-electron chi connectivity index (χ1n) is 3.51. The first-order chi connectivity index (χ1) is 4.77. The van der Waals surface area contributed by atoms with Crippen LogP contribution in [0.15, 0.2) is 0 Å². The Morgan fingerprint density at radius 1 is 1.40 bits per heavy atom. The number of rotatable bonds is 6. The molecular formula is C6H16N4. The van der Waals surface area contributed by atoms with Crippen LogP contribution in [0, 0.1) is 5.41 Å². The Morgan fingerprint density at radius 2 is 2.10 bits per heavy atom. The van der Waals surface area contributed by atoms with E-state index in [0.717, 1.165) is 19.5 Å². The summed E-state index contributed by atoms with van der Waals surface area (Å²) in [6.45, 7) is 2.42. The normalized spacial score (nSPS) is 9.70. The van der Waals surface area contributed by atoms with Crippen LogP contribution in [0.1, 0.15) is 12.8 Å². The molecule has 0 aliphatic heterocycles. The molecule has 0 fully saturated rings. The Balaban J connectivity index is 2.84. The summed E-state index contributed by atoms with van der Waals surface area (Å²) in [4.78, 5) is 0. The van der Waals surface area contributed by atoms with E-state index in [0.29, 0.717) is 13.0 Å². The lowest BCUT2D eigenvalue weighted by Crippen LogP contribution is -2.23. The molecule has 10 heavy (non-hydrogen) atoms. The fourth-order valence-electron chi connectivity index (χ4n) is 0.575. The van der Waals surface area contributed by atoms with Gasteiger partial charge in [0.15, 0.2) is 0 Å². The minimum atomic E-state index is 0.236. The van der Waals surface area contributed by atoms with Gasteiger partial charge < -0.3 is 16.8 Å². The molecule has 0 heterocycles. The average molecular weight is 144 g/mol. The summed E-state index contributed by atoms with van der Waals surface area (Å²) in [5.41, 5.74) is 10.4. The minimum Gasteiger partial charge on any atom is -0.388 e. The van der Waals surface area contributed by atoms with E-state index in [4.69, 9.17) is 16.9 Å². The Bertz CT molecular complexity index is 91.7. The predicted molar refractivity (Wildman–Crippen MR) is 43.1 cm³/mol. The summed E-state index contributed by atoms with van der Waals surface area (Å²) in [7, 11) is 0. The number of hydrogen-bond acceptors (Lipinski definition) is 3. The van der Waals surface area contributed by atoms with Crippen LogP contribution in [-0.2, 0) is 0 Å². The van der Waals surface area contributed by atoms with E-state index in [-0.39, 0.29) is 5.84 Å². The van der Waals surface area contributed by atoms with Gasteiger partial charge in [-0.05, 0) is 19.5 Å². The van der Waals surface area contributed by atoms with Crippen LogP contribution in [-0.4, -0.2) is 25.5 Å². The lowest BCUT2D eigenvalue weighted by molar-refractivity contribution is 0.664. The van der Waals surface area contributed by atoms with E-state index in [1.165, 1.54) is 0 Å².